The van der Waals surface area contributed by atoms with Crippen LogP contribution in [-0.2, 0) is 20.6 Å². The molecule has 8 heteroatoms. The van der Waals surface area contributed by atoms with Gasteiger partial charge >= 0.3 is 0 Å². The quantitative estimate of drug-likeness (QED) is 0.829. The molecule has 2 heterocycles. The van der Waals surface area contributed by atoms with Crippen LogP contribution in [0.25, 0.3) is 0 Å². The van der Waals surface area contributed by atoms with Gasteiger partial charge in [-0.1, -0.05) is 29.8 Å². The van der Waals surface area contributed by atoms with Crippen LogP contribution in [0, 0.1) is 0 Å². The van der Waals surface area contributed by atoms with Gasteiger partial charge in [0.1, 0.15) is 0 Å². The van der Waals surface area contributed by atoms with E-state index >= 15 is 0 Å². The van der Waals surface area contributed by atoms with Crippen LogP contribution in [0.5, 0.6) is 0 Å². The lowest BCUT2D eigenvalue weighted by Gasteiger charge is -2.33. The highest BCUT2D eigenvalue weighted by Crippen LogP contribution is 2.22. The number of hydrogen-bond donors (Lipinski definition) is 0. The molecule has 24 heavy (non-hydrogen) atoms. The average molecular weight is 366 g/mol. The fourth-order valence-electron chi connectivity index (χ4n) is 2.58. The largest absolute Gasteiger partial charge is 0.308 e. The van der Waals surface area contributed by atoms with E-state index in [1.165, 1.54) is 4.31 Å². The number of sulfonamides is 1. The number of aromatic nitrogens is 1. The van der Waals surface area contributed by atoms with E-state index in [0.29, 0.717) is 22.8 Å². The predicted octanol–water partition coefficient (Wildman–Crippen LogP) is 1.91. The van der Waals surface area contributed by atoms with Gasteiger partial charge in [-0.25, -0.2) is 8.42 Å². The topological polar surface area (TPSA) is 70.6 Å². The van der Waals surface area contributed by atoms with Crippen molar-refractivity contribution in [3.8, 4) is 0 Å². The maximum absolute atomic E-state index is 12.6. The molecular formula is C16H16ClN3O3S. The van der Waals surface area contributed by atoms with Gasteiger partial charge in [0.25, 0.3) is 0 Å². The molecular weight excluding hydrogens is 350 g/mol. The number of carbonyl (C=O) groups excluding carboxylic acids is 1. The van der Waals surface area contributed by atoms with Gasteiger partial charge in [0.05, 0.1) is 24.2 Å². The molecule has 0 aliphatic carbocycles. The lowest BCUT2D eigenvalue weighted by atomic mass is 10.2. The third-order valence-corrected chi connectivity index (χ3v) is 5.98. The van der Waals surface area contributed by atoms with Crippen molar-refractivity contribution in [2.45, 2.75) is 5.75 Å². The number of rotatable bonds is 4. The van der Waals surface area contributed by atoms with Crippen LogP contribution in [0.3, 0.4) is 0 Å². The molecule has 3 rings (SSSR count). The number of piperazine rings is 1. The summed E-state index contributed by atoms with van der Waals surface area (Å²) >= 11 is 6.04. The van der Waals surface area contributed by atoms with Gasteiger partial charge in [0.2, 0.25) is 15.9 Å². The molecule has 126 valence electrons. The van der Waals surface area contributed by atoms with Crippen molar-refractivity contribution in [2.75, 3.05) is 24.5 Å². The van der Waals surface area contributed by atoms with Crippen LogP contribution in [-0.4, -0.2) is 43.2 Å². The highest BCUT2D eigenvalue weighted by Gasteiger charge is 2.32. The van der Waals surface area contributed by atoms with Crippen molar-refractivity contribution in [2.24, 2.45) is 0 Å². The first-order valence-corrected chi connectivity index (χ1v) is 9.38. The highest BCUT2D eigenvalue weighted by molar-refractivity contribution is 7.88. The molecule has 0 unspecified atom stereocenters. The fraction of sp³-hybridized carbons (Fsp3) is 0.250. The number of pyridine rings is 1. The molecule has 0 atom stereocenters. The number of hydrogen-bond acceptors (Lipinski definition) is 4. The summed E-state index contributed by atoms with van der Waals surface area (Å²) in [7, 11) is -3.61. The maximum atomic E-state index is 12.6. The van der Waals surface area contributed by atoms with E-state index in [2.05, 4.69) is 4.98 Å². The lowest BCUT2D eigenvalue weighted by molar-refractivity contribution is -0.119. The molecule has 0 N–H and O–H groups in total. The van der Waals surface area contributed by atoms with Gasteiger partial charge in [0.15, 0.2) is 0 Å². The predicted molar refractivity (Wildman–Crippen MR) is 92.2 cm³/mol. The van der Waals surface area contributed by atoms with Crippen molar-refractivity contribution in [1.29, 1.82) is 0 Å². The molecule has 1 aliphatic rings. The van der Waals surface area contributed by atoms with Gasteiger partial charge in [-0.05, 0) is 23.8 Å². The molecule has 0 bridgehead atoms. The van der Waals surface area contributed by atoms with Gasteiger partial charge in [-0.3, -0.25) is 9.78 Å². The number of anilines is 1. The Hall–Kier alpha value is -1.96. The van der Waals surface area contributed by atoms with Crippen molar-refractivity contribution in [1.82, 2.24) is 9.29 Å². The molecule has 6 nitrogen and oxygen atoms in total. The Kier molecular flexibility index (Phi) is 4.84. The van der Waals surface area contributed by atoms with Gasteiger partial charge in [-0.2, -0.15) is 4.31 Å². The van der Waals surface area contributed by atoms with Crippen LogP contribution in [0.1, 0.15) is 5.56 Å². The summed E-state index contributed by atoms with van der Waals surface area (Å²) in [5.41, 5.74) is 1.20. The minimum atomic E-state index is -3.61. The number of carbonyl (C=O) groups is 1. The molecule has 1 aliphatic heterocycles. The minimum Gasteiger partial charge on any atom is -0.308 e. The molecule has 0 spiro atoms. The smallest absolute Gasteiger partial charge is 0.242 e. The molecule has 1 aromatic heterocycles. The van der Waals surface area contributed by atoms with E-state index in [4.69, 9.17) is 11.6 Å². The van der Waals surface area contributed by atoms with E-state index < -0.39 is 10.0 Å². The van der Waals surface area contributed by atoms with Crippen LogP contribution >= 0.6 is 11.6 Å². The Labute approximate surface area is 145 Å². The van der Waals surface area contributed by atoms with Crippen molar-refractivity contribution in [3.05, 3.63) is 59.4 Å². The Morgan fingerprint density at radius 1 is 1.12 bits per heavy atom. The first kappa shape index (κ1) is 16.9. The van der Waals surface area contributed by atoms with Crippen molar-refractivity contribution < 1.29 is 13.2 Å². The third kappa shape index (κ3) is 3.58. The van der Waals surface area contributed by atoms with E-state index in [-0.39, 0.29) is 24.7 Å². The summed E-state index contributed by atoms with van der Waals surface area (Å²) < 4.78 is 26.4. The summed E-state index contributed by atoms with van der Waals surface area (Å²) in [4.78, 5) is 17.9. The second-order valence-corrected chi connectivity index (χ2v) is 7.81. The zero-order valence-corrected chi connectivity index (χ0v) is 14.4. The van der Waals surface area contributed by atoms with E-state index in [1.54, 1.807) is 53.7 Å². The SMILES string of the molecule is O=C1CN(S(=O)(=O)Cc2ccccc2Cl)CCN1c1cccnc1. The summed E-state index contributed by atoms with van der Waals surface area (Å²) in [6, 6.07) is 10.3. The van der Waals surface area contributed by atoms with Crippen LogP contribution < -0.4 is 4.90 Å². The zero-order valence-electron chi connectivity index (χ0n) is 12.8. The summed E-state index contributed by atoms with van der Waals surface area (Å²) in [5, 5.41) is 0.404. The fourth-order valence-corrected chi connectivity index (χ4v) is 4.35. The minimum absolute atomic E-state index is 0.179. The second-order valence-electron chi connectivity index (χ2n) is 5.44. The molecule has 0 radical (unpaired) electrons. The molecule has 1 saturated heterocycles. The summed E-state index contributed by atoms with van der Waals surface area (Å²) in [5.74, 6) is -0.482. The molecule has 0 saturated carbocycles. The van der Waals surface area contributed by atoms with Crippen LogP contribution in [0.15, 0.2) is 48.8 Å². The Bertz CT molecular complexity index is 843. The number of halogens is 1. The molecule has 1 aromatic carbocycles. The number of amides is 1. The molecule has 2 aromatic rings. The standard InChI is InChI=1S/C16H16ClN3O3S/c17-15-6-2-1-4-13(15)12-24(22,23)19-8-9-20(16(21)11-19)14-5-3-7-18-10-14/h1-7,10H,8-9,11-12H2. The average Bonchev–Trinajstić information content (AvgIpc) is 2.57. The van der Waals surface area contributed by atoms with Gasteiger partial charge in [-0.15, -0.1) is 0 Å². The second kappa shape index (κ2) is 6.88. The monoisotopic (exact) mass is 365 g/mol. The maximum Gasteiger partial charge on any atom is 0.242 e. The Balaban J connectivity index is 1.73. The summed E-state index contributed by atoms with van der Waals surface area (Å²) in [6.45, 7) is 0.362. The van der Waals surface area contributed by atoms with E-state index in [9.17, 15) is 13.2 Å². The Morgan fingerprint density at radius 3 is 2.58 bits per heavy atom. The normalized spacial score (nSPS) is 16.4. The molecule has 1 amide bonds. The van der Waals surface area contributed by atoms with Gasteiger partial charge in [0, 0.05) is 24.3 Å². The Morgan fingerprint density at radius 2 is 1.92 bits per heavy atom. The molecule has 1 fully saturated rings. The van der Waals surface area contributed by atoms with E-state index in [0.717, 1.165) is 0 Å². The third-order valence-electron chi connectivity index (χ3n) is 3.83. The first-order valence-electron chi connectivity index (χ1n) is 7.39. The van der Waals surface area contributed by atoms with Crippen molar-refractivity contribution in [3.63, 3.8) is 0 Å². The number of benzene rings is 1. The van der Waals surface area contributed by atoms with Gasteiger partial charge < -0.3 is 4.90 Å². The zero-order chi connectivity index (χ0) is 17.2. The highest BCUT2D eigenvalue weighted by atomic mass is 35.5. The van der Waals surface area contributed by atoms with Crippen LogP contribution in [0.4, 0.5) is 5.69 Å². The first-order chi connectivity index (χ1) is 11.5. The summed E-state index contributed by atoms with van der Waals surface area (Å²) in [6.07, 6.45) is 3.21. The number of nitrogens with zero attached hydrogens (tertiary/aromatic N) is 3. The van der Waals surface area contributed by atoms with Crippen molar-refractivity contribution >= 4 is 33.2 Å². The lowest BCUT2D eigenvalue weighted by Crippen LogP contribution is -2.52. The van der Waals surface area contributed by atoms with E-state index in [1.807, 2.05) is 0 Å². The van der Waals surface area contributed by atoms with Crippen LogP contribution in [0.2, 0.25) is 5.02 Å².